The molecule has 0 bridgehead atoms. The van der Waals surface area contributed by atoms with Crippen molar-refractivity contribution in [3.63, 3.8) is 0 Å². The summed E-state index contributed by atoms with van der Waals surface area (Å²) < 4.78 is 0. The van der Waals surface area contributed by atoms with Gasteiger partial charge in [-0.25, -0.2) is 11.1 Å². The largest absolute Gasteiger partial charge is 2.00 e. The molecule has 0 unspecified atom stereocenters. The molecule has 1 radical (unpaired) electrons. The number of hydrogen-bond donors (Lipinski definition) is 0. The molecule has 26 heavy (non-hydrogen) atoms. The SMILES string of the molecule is CC1=[C-]CC=C1C(C)(C)C.CC1=[C-]CC=C1C(C)(C)C.C[SiH]C.Cl.Cl.[Zr+2]. The van der Waals surface area contributed by atoms with Crippen molar-refractivity contribution in [3.05, 3.63) is 46.6 Å². The van der Waals surface area contributed by atoms with Crippen molar-refractivity contribution < 1.29 is 26.2 Å². The summed E-state index contributed by atoms with van der Waals surface area (Å²) in [7, 11) is 0.750. The Morgan fingerprint density at radius 1 is 0.731 bits per heavy atom. The van der Waals surface area contributed by atoms with Crippen LogP contribution in [0.25, 0.3) is 0 Å². The van der Waals surface area contributed by atoms with Crippen LogP contribution < -0.4 is 0 Å². The average Bonchev–Trinajstić information content (AvgIpc) is 2.97. The fourth-order valence-electron chi connectivity index (χ4n) is 2.85. The maximum atomic E-state index is 3.30. The van der Waals surface area contributed by atoms with Crippen LogP contribution in [0.3, 0.4) is 0 Å². The molecule has 0 N–H and O–H groups in total. The molecule has 2 aliphatic carbocycles. The van der Waals surface area contributed by atoms with Crippen molar-refractivity contribution in [2.75, 3.05) is 0 Å². The van der Waals surface area contributed by atoms with E-state index in [1.807, 2.05) is 0 Å². The Morgan fingerprint density at radius 2 is 0.962 bits per heavy atom. The summed E-state index contributed by atoms with van der Waals surface area (Å²) in [6.07, 6.45) is 13.2. The molecule has 0 saturated carbocycles. The van der Waals surface area contributed by atoms with Gasteiger partial charge in [0.1, 0.15) is 0 Å². The quantitative estimate of drug-likeness (QED) is 0.241. The molecule has 0 amide bonds. The molecule has 4 heteroatoms. The normalized spacial score (nSPS) is 15.2. The van der Waals surface area contributed by atoms with Crippen LogP contribution in [0.2, 0.25) is 13.1 Å². The van der Waals surface area contributed by atoms with E-state index in [1.54, 1.807) is 0 Å². The molecule has 0 saturated heterocycles. The van der Waals surface area contributed by atoms with E-state index in [1.165, 1.54) is 22.3 Å². The minimum atomic E-state index is 0. The van der Waals surface area contributed by atoms with Crippen molar-refractivity contribution in [1.82, 2.24) is 0 Å². The van der Waals surface area contributed by atoms with Gasteiger partial charge in [-0.05, 0) is 0 Å². The Hall–Kier alpha value is 0.640. The van der Waals surface area contributed by atoms with Gasteiger partial charge in [0.05, 0.1) is 0 Å². The van der Waals surface area contributed by atoms with E-state index in [-0.39, 0.29) is 51.0 Å². The molecule has 0 aromatic rings. The van der Waals surface area contributed by atoms with Crippen LogP contribution in [0.1, 0.15) is 68.2 Å². The van der Waals surface area contributed by atoms with Crippen molar-refractivity contribution in [2.45, 2.75) is 81.3 Å². The van der Waals surface area contributed by atoms with Gasteiger partial charge in [0.2, 0.25) is 0 Å². The first-order valence-electron chi connectivity index (χ1n) is 8.76. The molecule has 0 heterocycles. The van der Waals surface area contributed by atoms with Gasteiger partial charge in [0.15, 0.2) is 0 Å². The van der Waals surface area contributed by atoms with Crippen molar-refractivity contribution in [3.8, 4) is 0 Å². The van der Waals surface area contributed by atoms with Gasteiger partial charge in [-0.3, -0.25) is 12.2 Å². The van der Waals surface area contributed by atoms with E-state index in [0.29, 0.717) is 10.8 Å². The first-order chi connectivity index (χ1) is 10.4. The van der Waals surface area contributed by atoms with E-state index in [4.69, 9.17) is 0 Å². The van der Waals surface area contributed by atoms with Crippen LogP contribution in [0.15, 0.2) is 34.4 Å². The van der Waals surface area contributed by atoms with Crippen LogP contribution in [-0.2, 0) is 26.2 Å². The molecule has 149 valence electrons. The molecule has 0 atom stereocenters. The van der Waals surface area contributed by atoms with Crippen molar-refractivity contribution >= 4 is 34.3 Å². The van der Waals surface area contributed by atoms with E-state index in [9.17, 15) is 0 Å². The molecular formula is C22H39Cl2SiZr. The van der Waals surface area contributed by atoms with E-state index in [2.05, 4.69) is 92.8 Å². The third kappa shape index (κ3) is 12.9. The molecular weight excluding hydrogens is 454 g/mol. The summed E-state index contributed by atoms with van der Waals surface area (Å²) >= 11 is 0. The van der Waals surface area contributed by atoms with Crippen LogP contribution in [-0.4, -0.2) is 9.52 Å². The fourth-order valence-corrected chi connectivity index (χ4v) is 2.85. The molecule has 0 fully saturated rings. The first kappa shape index (κ1) is 34.2. The summed E-state index contributed by atoms with van der Waals surface area (Å²) in [5.74, 6) is 0. The second-order valence-electron chi connectivity index (χ2n) is 8.32. The second kappa shape index (κ2) is 15.5. The second-order valence-corrected chi connectivity index (χ2v) is 9.48. The maximum Gasteiger partial charge on any atom is 2.00 e. The Kier molecular flexibility index (Phi) is 20.4. The number of allylic oxidation sites excluding steroid dienone is 8. The van der Waals surface area contributed by atoms with E-state index >= 15 is 0 Å². The topological polar surface area (TPSA) is 0 Å². The van der Waals surface area contributed by atoms with Gasteiger partial charge in [0, 0.05) is 9.52 Å². The van der Waals surface area contributed by atoms with Crippen molar-refractivity contribution in [1.29, 1.82) is 0 Å². The Labute approximate surface area is 198 Å². The maximum absolute atomic E-state index is 3.30. The van der Waals surface area contributed by atoms with Crippen LogP contribution >= 0.6 is 24.8 Å². The zero-order chi connectivity index (χ0) is 18.3. The zero-order valence-electron chi connectivity index (χ0n) is 18.5. The van der Waals surface area contributed by atoms with Crippen molar-refractivity contribution in [2.24, 2.45) is 10.8 Å². The summed E-state index contributed by atoms with van der Waals surface area (Å²) in [6, 6.07) is 0. The number of rotatable bonds is 0. The zero-order valence-corrected chi connectivity index (χ0v) is 23.7. The van der Waals surface area contributed by atoms with Crippen LogP contribution in [0.5, 0.6) is 0 Å². The Balaban J connectivity index is -0.000000147. The predicted octanol–water partition coefficient (Wildman–Crippen LogP) is 7.58. The van der Waals surface area contributed by atoms with Gasteiger partial charge in [0.25, 0.3) is 0 Å². The molecule has 2 aliphatic rings. The van der Waals surface area contributed by atoms with Gasteiger partial charge < -0.3 is 0 Å². The monoisotopic (exact) mass is 491 g/mol. The van der Waals surface area contributed by atoms with E-state index < -0.39 is 0 Å². The Bertz CT molecular complexity index is 455. The molecule has 0 spiro atoms. The molecule has 2 rings (SSSR count). The fraction of sp³-hybridized carbons (Fsp3) is 0.636. The van der Waals surface area contributed by atoms with Gasteiger partial charge >= 0.3 is 26.2 Å². The van der Waals surface area contributed by atoms with Crippen LogP contribution in [0.4, 0.5) is 0 Å². The number of hydrogen-bond acceptors (Lipinski definition) is 0. The standard InChI is InChI=1S/2C10H15.C2H7Si.2ClH.Zr/c2*1-8-6-5-7-9(8)10(2,3)4;1-3-2;;;/h2*7H,5H2,1-4H3;3H,1-2H3;2*1H;/q2*-1;;;;+2. The number of halogens is 2. The smallest absolute Gasteiger partial charge is 0.269 e. The molecule has 0 aliphatic heterocycles. The summed E-state index contributed by atoms with van der Waals surface area (Å²) in [5, 5.41) is 0. The minimum absolute atomic E-state index is 0. The molecule has 0 aromatic heterocycles. The van der Waals surface area contributed by atoms with Crippen LogP contribution in [0, 0.1) is 23.0 Å². The summed E-state index contributed by atoms with van der Waals surface area (Å²) in [6.45, 7) is 22.2. The Morgan fingerprint density at radius 3 is 1.04 bits per heavy atom. The summed E-state index contributed by atoms with van der Waals surface area (Å²) in [5.41, 5.74) is 6.24. The molecule has 0 aromatic carbocycles. The van der Waals surface area contributed by atoms with E-state index in [0.717, 1.165) is 22.4 Å². The molecule has 0 nitrogen and oxygen atoms in total. The summed E-state index contributed by atoms with van der Waals surface area (Å²) in [4.78, 5) is 0. The average molecular weight is 494 g/mol. The third-order valence-electron chi connectivity index (χ3n) is 3.77. The first-order valence-corrected chi connectivity index (χ1v) is 11.1. The third-order valence-corrected chi connectivity index (χ3v) is 3.77. The minimum Gasteiger partial charge on any atom is -0.269 e. The van der Waals surface area contributed by atoms with Gasteiger partial charge in [-0.15, -0.1) is 37.7 Å². The van der Waals surface area contributed by atoms with Gasteiger partial charge in [-0.2, -0.15) is 23.3 Å². The predicted molar refractivity (Wildman–Crippen MR) is 123 cm³/mol. The van der Waals surface area contributed by atoms with Gasteiger partial charge in [-0.1, -0.05) is 79.3 Å².